The molecule has 0 aromatic carbocycles. The molecule has 86 valence electrons. The number of amides is 1. The quantitative estimate of drug-likeness (QED) is 0.291. The minimum Gasteiger partial charge on any atom is -0.449 e. The van der Waals surface area contributed by atoms with Crippen LogP contribution in [0.15, 0.2) is 5.11 Å². The average molecular weight is 214 g/mol. The molecule has 0 radical (unpaired) electrons. The van der Waals surface area contributed by atoms with Crippen molar-refractivity contribution in [1.29, 1.82) is 0 Å². The second kappa shape index (κ2) is 10.7. The lowest BCUT2D eigenvalue weighted by atomic mass is 10.2. The van der Waals surface area contributed by atoms with E-state index in [4.69, 9.17) is 10.3 Å². The molecule has 0 aliphatic heterocycles. The first-order valence-corrected chi connectivity index (χ1v) is 5.22. The van der Waals surface area contributed by atoms with E-state index < -0.39 is 6.09 Å². The van der Waals surface area contributed by atoms with Crippen molar-refractivity contribution in [2.75, 3.05) is 19.7 Å². The Kier molecular flexibility index (Phi) is 9.65. The fourth-order valence-corrected chi connectivity index (χ4v) is 1.02. The molecule has 6 heteroatoms. The van der Waals surface area contributed by atoms with E-state index in [2.05, 4.69) is 22.3 Å². The van der Waals surface area contributed by atoms with Crippen molar-refractivity contribution in [2.24, 2.45) is 5.11 Å². The maximum absolute atomic E-state index is 11.0. The molecule has 0 saturated heterocycles. The average Bonchev–Trinajstić information content (AvgIpc) is 2.24. The van der Waals surface area contributed by atoms with Crippen LogP contribution in [0.2, 0.25) is 0 Å². The number of nitrogens with zero attached hydrogens (tertiary/aromatic N) is 3. The summed E-state index contributed by atoms with van der Waals surface area (Å²) >= 11 is 0. The van der Waals surface area contributed by atoms with Gasteiger partial charge in [0, 0.05) is 11.5 Å². The van der Waals surface area contributed by atoms with Crippen LogP contribution in [0.5, 0.6) is 0 Å². The van der Waals surface area contributed by atoms with E-state index in [1.807, 2.05) is 0 Å². The van der Waals surface area contributed by atoms with Gasteiger partial charge >= 0.3 is 6.09 Å². The molecule has 0 aromatic heterocycles. The molecule has 15 heavy (non-hydrogen) atoms. The van der Waals surface area contributed by atoms with E-state index in [0.717, 1.165) is 12.8 Å². The van der Waals surface area contributed by atoms with E-state index in [1.54, 1.807) is 0 Å². The standard InChI is InChI=1S/C9H18N4O2/c1-2-3-4-5-6-11-9(14)15-8-7-12-13-10/h2-8H2,1H3,(H,11,14). The Bertz CT molecular complexity index is 214. The van der Waals surface area contributed by atoms with Gasteiger partial charge in [0.05, 0.1) is 13.2 Å². The second-order valence-corrected chi connectivity index (χ2v) is 3.08. The minimum absolute atomic E-state index is 0.130. The van der Waals surface area contributed by atoms with Crippen molar-refractivity contribution in [3.05, 3.63) is 10.4 Å². The third-order valence-electron chi connectivity index (χ3n) is 1.79. The highest BCUT2D eigenvalue weighted by molar-refractivity contribution is 5.66. The summed E-state index contributed by atoms with van der Waals surface area (Å²) in [6.45, 7) is 3.09. The lowest BCUT2D eigenvalue weighted by Crippen LogP contribution is -2.26. The maximum atomic E-state index is 11.0. The first-order chi connectivity index (χ1) is 7.31. The third kappa shape index (κ3) is 10.5. The van der Waals surface area contributed by atoms with Gasteiger partial charge in [-0.05, 0) is 12.0 Å². The Balaban J connectivity index is 3.22. The molecule has 0 unspecified atom stereocenters. The van der Waals surface area contributed by atoms with Gasteiger partial charge in [-0.3, -0.25) is 0 Å². The molecule has 0 aliphatic rings. The maximum Gasteiger partial charge on any atom is 0.407 e. The molecule has 0 atom stereocenters. The molecule has 0 aromatic rings. The van der Waals surface area contributed by atoms with Crippen LogP contribution in [-0.4, -0.2) is 25.8 Å². The molecule has 0 heterocycles. The normalized spacial score (nSPS) is 9.13. The highest BCUT2D eigenvalue weighted by Crippen LogP contribution is 1.96. The number of rotatable bonds is 8. The summed E-state index contributed by atoms with van der Waals surface area (Å²) in [7, 11) is 0. The number of carbonyl (C=O) groups is 1. The van der Waals surface area contributed by atoms with Gasteiger partial charge in [-0.15, -0.1) is 0 Å². The largest absolute Gasteiger partial charge is 0.449 e. The van der Waals surface area contributed by atoms with Gasteiger partial charge in [-0.1, -0.05) is 31.3 Å². The van der Waals surface area contributed by atoms with Crippen LogP contribution in [0.1, 0.15) is 32.6 Å². The fraction of sp³-hybridized carbons (Fsp3) is 0.889. The lowest BCUT2D eigenvalue weighted by molar-refractivity contribution is 0.149. The van der Waals surface area contributed by atoms with Crippen molar-refractivity contribution in [3.63, 3.8) is 0 Å². The third-order valence-corrected chi connectivity index (χ3v) is 1.79. The number of azide groups is 1. The molecular formula is C9H18N4O2. The van der Waals surface area contributed by atoms with E-state index in [1.165, 1.54) is 12.8 Å². The second-order valence-electron chi connectivity index (χ2n) is 3.08. The van der Waals surface area contributed by atoms with Crippen molar-refractivity contribution in [3.8, 4) is 0 Å². The zero-order valence-electron chi connectivity index (χ0n) is 9.11. The van der Waals surface area contributed by atoms with E-state index in [0.29, 0.717) is 6.54 Å². The topological polar surface area (TPSA) is 87.1 Å². The Labute approximate surface area is 89.6 Å². The summed E-state index contributed by atoms with van der Waals surface area (Å²) in [4.78, 5) is 13.5. The number of ether oxygens (including phenoxy) is 1. The van der Waals surface area contributed by atoms with Crippen molar-refractivity contribution < 1.29 is 9.53 Å². The highest BCUT2D eigenvalue weighted by Gasteiger charge is 1.98. The summed E-state index contributed by atoms with van der Waals surface area (Å²) in [5.74, 6) is 0. The highest BCUT2D eigenvalue weighted by atomic mass is 16.5. The van der Waals surface area contributed by atoms with Gasteiger partial charge in [0.1, 0.15) is 0 Å². The predicted molar refractivity (Wildman–Crippen MR) is 57.5 cm³/mol. The van der Waals surface area contributed by atoms with Crippen LogP contribution in [0, 0.1) is 0 Å². The predicted octanol–water partition coefficient (Wildman–Crippen LogP) is 2.60. The molecule has 0 spiro atoms. The molecule has 0 saturated carbocycles. The minimum atomic E-state index is -0.445. The Morgan fingerprint density at radius 2 is 2.27 bits per heavy atom. The Morgan fingerprint density at radius 1 is 1.47 bits per heavy atom. The van der Waals surface area contributed by atoms with Crippen LogP contribution < -0.4 is 5.32 Å². The van der Waals surface area contributed by atoms with Crippen LogP contribution in [0.4, 0.5) is 4.79 Å². The molecule has 1 amide bonds. The van der Waals surface area contributed by atoms with E-state index in [9.17, 15) is 4.79 Å². The SMILES string of the molecule is CCCCCCNC(=O)OCCN=[N+]=[N-]. The van der Waals surface area contributed by atoms with Crippen LogP contribution in [0.25, 0.3) is 10.4 Å². The van der Waals surface area contributed by atoms with Gasteiger partial charge in [-0.25, -0.2) is 4.79 Å². The van der Waals surface area contributed by atoms with Gasteiger partial charge in [0.15, 0.2) is 0 Å². The summed E-state index contributed by atoms with van der Waals surface area (Å²) in [6, 6.07) is 0. The molecular weight excluding hydrogens is 196 g/mol. The van der Waals surface area contributed by atoms with Crippen LogP contribution in [0.3, 0.4) is 0 Å². The first kappa shape index (κ1) is 13.6. The van der Waals surface area contributed by atoms with Gasteiger partial charge in [0.2, 0.25) is 0 Å². The number of nitrogens with one attached hydrogen (secondary N) is 1. The van der Waals surface area contributed by atoms with E-state index >= 15 is 0 Å². The zero-order valence-corrected chi connectivity index (χ0v) is 9.11. The molecule has 0 aliphatic carbocycles. The van der Waals surface area contributed by atoms with Gasteiger partial charge < -0.3 is 10.1 Å². The fourth-order valence-electron chi connectivity index (χ4n) is 1.02. The molecule has 6 nitrogen and oxygen atoms in total. The van der Waals surface area contributed by atoms with Crippen LogP contribution >= 0.6 is 0 Å². The number of hydrogen-bond donors (Lipinski definition) is 1. The zero-order chi connectivity index (χ0) is 11.4. The van der Waals surface area contributed by atoms with Crippen molar-refractivity contribution in [1.82, 2.24) is 5.32 Å². The summed E-state index contributed by atoms with van der Waals surface area (Å²) < 4.78 is 4.74. The summed E-state index contributed by atoms with van der Waals surface area (Å²) in [5.41, 5.74) is 7.96. The van der Waals surface area contributed by atoms with Crippen molar-refractivity contribution in [2.45, 2.75) is 32.6 Å². The monoisotopic (exact) mass is 214 g/mol. The Morgan fingerprint density at radius 3 is 2.93 bits per heavy atom. The summed E-state index contributed by atoms with van der Waals surface area (Å²) in [6.07, 6.45) is 4.01. The first-order valence-electron chi connectivity index (χ1n) is 5.22. The number of unbranched alkanes of at least 4 members (excludes halogenated alkanes) is 3. The lowest BCUT2D eigenvalue weighted by Gasteiger charge is -2.04. The van der Waals surface area contributed by atoms with Crippen molar-refractivity contribution >= 4 is 6.09 Å². The van der Waals surface area contributed by atoms with Crippen LogP contribution in [-0.2, 0) is 4.74 Å². The molecule has 0 fully saturated rings. The number of carbonyl (C=O) groups excluding carboxylic acids is 1. The molecule has 0 bridgehead atoms. The number of hydrogen-bond acceptors (Lipinski definition) is 3. The smallest absolute Gasteiger partial charge is 0.407 e. The molecule has 0 rings (SSSR count). The van der Waals surface area contributed by atoms with Gasteiger partial charge in [0.25, 0.3) is 0 Å². The van der Waals surface area contributed by atoms with E-state index in [-0.39, 0.29) is 13.2 Å². The Hall–Kier alpha value is -1.42. The molecule has 1 N–H and O–H groups in total. The summed E-state index contributed by atoms with van der Waals surface area (Å²) in [5, 5.41) is 5.86. The van der Waals surface area contributed by atoms with Gasteiger partial charge in [-0.2, -0.15) is 0 Å². The number of alkyl carbamates (subject to hydrolysis) is 1.